The second-order valence-corrected chi connectivity index (χ2v) is 12.6. The molecule has 3 saturated heterocycles. The normalized spacial score (nSPS) is 38.0. The average molecular weight is 296 g/mol. The van der Waals surface area contributed by atoms with Gasteiger partial charge >= 0.3 is 11.9 Å². The van der Waals surface area contributed by atoms with Crippen molar-refractivity contribution in [3.05, 3.63) is 12.2 Å². The number of esters is 2. The van der Waals surface area contributed by atoms with E-state index in [9.17, 15) is 9.59 Å². The highest BCUT2D eigenvalue weighted by atomic mass is 28.3. The Morgan fingerprint density at radius 3 is 2.75 bits per heavy atom. The van der Waals surface area contributed by atoms with Crippen LogP contribution < -0.4 is 0 Å². The van der Waals surface area contributed by atoms with E-state index in [2.05, 4.69) is 26.2 Å². The van der Waals surface area contributed by atoms with Crippen molar-refractivity contribution in [2.75, 3.05) is 0 Å². The maximum Gasteiger partial charge on any atom is 0.333 e. The molecule has 3 fully saturated rings. The molecule has 0 aromatic carbocycles. The van der Waals surface area contributed by atoms with E-state index >= 15 is 0 Å². The highest BCUT2D eigenvalue weighted by Crippen LogP contribution is 2.47. The number of carbonyl (C=O) groups excluding carboxylic acids is 2. The van der Waals surface area contributed by atoms with Crippen molar-refractivity contribution in [3.63, 3.8) is 0 Å². The van der Waals surface area contributed by atoms with Gasteiger partial charge in [0.15, 0.2) is 12.2 Å². The molecule has 110 valence electrons. The second kappa shape index (κ2) is 4.43. The fourth-order valence-electron chi connectivity index (χ4n) is 3.30. The van der Waals surface area contributed by atoms with E-state index in [0.29, 0.717) is 18.0 Å². The fourth-order valence-corrected chi connectivity index (χ4v) is 4.73. The number of hydrogen-bond donors (Lipinski definition) is 0. The summed E-state index contributed by atoms with van der Waals surface area (Å²) in [5.74, 6) is -0.764. The lowest BCUT2D eigenvalue weighted by Crippen LogP contribution is -2.40. The number of fused-ring (bicyclic) bond motifs is 1. The lowest BCUT2D eigenvalue weighted by molar-refractivity contribution is -0.157. The van der Waals surface area contributed by atoms with Crippen LogP contribution in [0.25, 0.3) is 0 Å². The number of ether oxygens (including phenoxy) is 3. The average Bonchev–Trinajstić information content (AvgIpc) is 2.91. The van der Waals surface area contributed by atoms with Gasteiger partial charge in [0.05, 0.1) is 12.0 Å². The van der Waals surface area contributed by atoms with Crippen molar-refractivity contribution in [3.8, 4) is 0 Å². The van der Waals surface area contributed by atoms with Crippen LogP contribution in [-0.4, -0.2) is 44.4 Å². The van der Waals surface area contributed by atoms with Crippen molar-refractivity contribution >= 4 is 20.0 Å². The van der Waals surface area contributed by atoms with Gasteiger partial charge in [0.25, 0.3) is 0 Å². The van der Waals surface area contributed by atoms with Gasteiger partial charge in [0, 0.05) is 13.6 Å². The van der Waals surface area contributed by atoms with Gasteiger partial charge in [0.1, 0.15) is 6.10 Å². The molecule has 0 radical (unpaired) electrons. The van der Waals surface area contributed by atoms with Crippen molar-refractivity contribution in [2.24, 2.45) is 5.92 Å². The van der Waals surface area contributed by atoms with E-state index in [0.717, 1.165) is 0 Å². The Hall–Kier alpha value is -1.14. The summed E-state index contributed by atoms with van der Waals surface area (Å²) in [6.45, 7) is 10.4. The van der Waals surface area contributed by atoms with Gasteiger partial charge < -0.3 is 14.2 Å². The zero-order valence-corrected chi connectivity index (χ0v) is 13.0. The van der Waals surface area contributed by atoms with E-state index in [1.165, 1.54) is 0 Å². The molecule has 6 heteroatoms. The van der Waals surface area contributed by atoms with Crippen LogP contribution in [0, 0.1) is 5.92 Å². The van der Waals surface area contributed by atoms with Crippen LogP contribution in [0.2, 0.25) is 25.7 Å². The summed E-state index contributed by atoms with van der Waals surface area (Å²) in [5.41, 5.74) is 0.507. The lowest BCUT2D eigenvalue weighted by atomic mass is 9.88. The summed E-state index contributed by atoms with van der Waals surface area (Å²) < 4.78 is 16.5. The van der Waals surface area contributed by atoms with Crippen LogP contribution in [0.1, 0.15) is 6.42 Å². The molecule has 5 nitrogen and oxygen atoms in total. The van der Waals surface area contributed by atoms with Crippen LogP contribution in [0.15, 0.2) is 12.2 Å². The predicted octanol–water partition coefficient (Wildman–Crippen LogP) is 1.51. The first-order valence-electron chi connectivity index (χ1n) is 7.01. The third kappa shape index (κ3) is 2.20. The third-order valence-corrected chi connectivity index (χ3v) is 5.55. The summed E-state index contributed by atoms with van der Waals surface area (Å²) in [6.07, 6.45) is -0.720. The molecule has 5 unspecified atom stereocenters. The summed E-state index contributed by atoms with van der Waals surface area (Å²) in [6, 6.07) is 0.709. The van der Waals surface area contributed by atoms with Crippen molar-refractivity contribution in [1.82, 2.24) is 0 Å². The Morgan fingerprint density at radius 1 is 1.40 bits per heavy atom. The van der Waals surface area contributed by atoms with Gasteiger partial charge in [-0.05, 0) is 12.5 Å². The molecular weight excluding hydrogens is 276 g/mol. The molecule has 0 amide bonds. The molecule has 0 aromatic heterocycles. The van der Waals surface area contributed by atoms with Gasteiger partial charge in [-0.3, -0.25) is 4.79 Å². The molecule has 3 rings (SSSR count). The highest BCUT2D eigenvalue weighted by Gasteiger charge is 2.65. The van der Waals surface area contributed by atoms with Gasteiger partial charge in [-0.25, -0.2) is 4.79 Å². The van der Waals surface area contributed by atoms with Crippen LogP contribution in [0.3, 0.4) is 0 Å². The van der Waals surface area contributed by atoms with E-state index < -0.39 is 20.3 Å². The van der Waals surface area contributed by atoms with E-state index in [1.807, 2.05) is 0 Å². The monoisotopic (exact) mass is 296 g/mol. The van der Waals surface area contributed by atoms with Gasteiger partial charge in [0.2, 0.25) is 0 Å². The molecule has 3 aliphatic rings. The minimum absolute atomic E-state index is 0.162. The molecule has 0 aromatic rings. The maximum atomic E-state index is 12.1. The first-order valence-corrected chi connectivity index (χ1v) is 10.7. The van der Waals surface area contributed by atoms with Crippen LogP contribution >= 0.6 is 0 Å². The molecule has 3 heterocycles. The van der Waals surface area contributed by atoms with Gasteiger partial charge in [-0.15, -0.1) is 0 Å². The fraction of sp³-hybridized carbons (Fsp3) is 0.714. The Kier molecular flexibility index (Phi) is 3.06. The summed E-state index contributed by atoms with van der Waals surface area (Å²) in [4.78, 5) is 23.7. The molecule has 3 aliphatic heterocycles. The Labute approximate surface area is 119 Å². The zero-order valence-electron chi connectivity index (χ0n) is 12.0. The smallest absolute Gasteiger partial charge is 0.333 e. The number of carbonyl (C=O) groups is 2. The lowest BCUT2D eigenvalue weighted by Gasteiger charge is -2.24. The Morgan fingerprint density at radius 2 is 2.10 bits per heavy atom. The summed E-state index contributed by atoms with van der Waals surface area (Å²) >= 11 is 0. The quantitative estimate of drug-likeness (QED) is 0.447. The minimum Gasteiger partial charge on any atom is -0.455 e. The molecule has 5 atom stereocenters. The van der Waals surface area contributed by atoms with Crippen LogP contribution in [0.5, 0.6) is 0 Å². The Bertz CT molecular complexity index is 480. The van der Waals surface area contributed by atoms with E-state index in [-0.39, 0.29) is 30.1 Å². The standard InChI is InChI=1S/C14H20O5Si/c1-7(6-20(2,3)4)13(15)18-11-9-5-8-10(17-9)12(11)19-14(8)16/h8-12H,1,5-6H2,2-4H3. The highest BCUT2D eigenvalue weighted by molar-refractivity contribution is 6.77. The van der Waals surface area contributed by atoms with Crippen LogP contribution in [-0.2, 0) is 23.8 Å². The minimum atomic E-state index is -1.40. The van der Waals surface area contributed by atoms with E-state index in [1.54, 1.807) is 0 Å². The second-order valence-electron chi connectivity index (χ2n) is 7.09. The molecular formula is C14H20O5Si. The van der Waals surface area contributed by atoms with E-state index in [4.69, 9.17) is 14.2 Å². The topological polar surface area (TPSA) is 61.8 Å². The van der Waals surface area contributed by atoms with Crippen molar-refractivity contribution in [1.29, 1.82) is 0 Å². The Balaban J connectivity index is 1.63. The SMILES string of the molecule is C=C(C[Si](C)(C)C)C(=O)OC1C2CC3C(=O)OC1C3O2. The summed E-state index contributed by atoms with van der Waals surface area (Å²) in [5, 5.41) is 0. The molecule has 0 aliphatic carbocycles. The zero-order chi connectivity index (χ0) is 14.7. The molecule has 0 saturated carbocycles. The van der Waals surface area contributed by atoms with Crippen molar-refractivity contribution < 1.29 is 23.8 Å². The number of hydrogen-bond acceptors (Lipinski definition) is 5. The maximum absolute atomic E-state index is 12.1. The van der Waals surface area contributed by atoms with Gasteiger partial charge in [-0.2, -0.15) is 0 Å². The first kappa shape index (κ1) is 13.8. The summed E-state index contributed by atoms with van der Waals surface area (Å²) in [7, 11) is -1.40. The predicted molar refractivity (Wildman–Crippen MR) is 73.8 cm³/mol. The van der Waals surface area contributed by atoms with Crippen molar-refractivity contribution in [2.45, 2.75) is 56.5 Å². The van der Waals surface area contributed by atoms with Gasteiger partial charge in [-0.1, -0.05) is 26.2 Å². The molecule has 0 spiro atoms. The molecule has 2 bridgehead atoms. The number of rotatable bonds is 4. The first-order chi connectivity index (χ1) is 9.26. The van der Waals surface area contributed by atoms with Crippen LogP contribution in [0.4, 0.5) is 0 Å². The third-order valence-electron chi connectivity index (χ3n) is 4.06. The largest absolute Gasteiger partial charge is 0.455 e. The molecule has 0 N–H and O–H groups in total. The molecule has 20 heavy (non-hydrogen) atoms.